The quantitative estimate of drug-likeness (QED) is 0.854. The second-order valence-corrected chi connectivity index (χ2v) is 6.62. The molecular weight excluding hydrogens is 306 g/mol. The number of rotatable bonds is 5. The van der Waals surface area contributed by atoms with Gasteiger partial charge in [0.05, 0.1) is 5.69 Å². The number of esters is 1. The lowest BCUT2D eigenvalue weighted by molar-refractivity contribution is -0.143. The number of aromatic nitrogens is 2. The topological polar surface area (TPSA) is 73.2 Å². The number of nitrogens with zero attached hydrogens (tertiary/aromatic N) is 2. The number of carbonyl (C=O) groups excluding carboxylic acids is 2. The minimum Gasteiger partial charge on any atom is -0.460 e. The van der Waals surface area contributed by atoms with Crippen molar-refractivity contribution >= 4 is 11.9 Å². The zero-order valence-electron chi connectivity index (χ0n) is 14.5. The molecule has 0 bridgehead atoms. The predicted octanol–water partition coefficient (Wildman–Crippen LogP) is 2.19. The summed E-state index contributed by atoms with van der Waals surface area (Å²) in [5.41, 5.74) is 1.99. The standard InChI is InChI=1S/C18H23N3O3/c1-18(2,3)15-10-14(21(4)20-15)17(23)19-11-16(22)24-12-13-8-6-5-7-9-13/h5-10H,11-12H2,1-4H3,(H,19,23). The van der Waals surface area contributed by atoms with E-state index in [1.807, 2.05) is 51.1 Å². The van der Waals surface area contributed by atoms with Gasteiger partial charge in [-0.2, -0.15) is 5.10 Å². The highest BCUT2D eigenvalue weighted by molar-refractivity contribution is 5.94. The van der Waals surface area contributed by atoms with Gasteiger partial charge in [-0.3, -0.25) is 14.3 Å². The van der Waals surface area contributed by atoms with Crippen LogP contribution < -0.4 is 5.32 Å². The zero-order valence-corrected chi connectivity index (χ0v) is 14.5. The summed E-state index contributed by atoms with van der Waals surface area (Å²) in [7, 11) is 1.71. The molecule has 128 valence electrons. The first-order chi connectivity index (χ1) is 11.3. The Balaban J connectivity index is 1.86. The lowest BCUT2D eigenvalue weighted by atomic mass is 9.92. The molecule has 6 heteroatoms. The van der Waals surface area contributed by atoms with E-state index in [1.165, 1.54) is 4.68 Å². The number of nitrogens with one attached hydrogen (secondary N) is 1. The van der Waals surface area contributed by atoms with Crippen LogP contribution in [0.2, 0.25) is 0 Å². The molecule has 0 aliphatic carbocycles. The first-order valence-corrected chi connectivity index (χ1v) is 7.79. The summed E-state index contributed by atoms with van der Waals surface area (Å²) in [6.07, 6.45) is 0. The van der Waals surface area contributed by atoms with Crippen molar-refractivity contribution in [2.24, 2.45) is 7.05 Å². The minimum absolute atomic E-state index is 0.148. The van der Waals surface area contributed by atoms with Gasteiger partial charge >= 0.3 is 5.97 Å². The largest absolute Gasteiger partial charge is 0.460 e. The van der Waals surface area contributed by atoms with Crippen molar-refractivity contribution in [1.82, 2.24) is 15.1 Å². The van der Waals surface area contributed by atoms with Gasteiger partial charge < -0.3 is 10.1 Å². The van der Waals surface area contributed by atoms with E-state index < -0.39 is 5.97 Å². The molecule has 0 aliphatic heterocycles. The van der Waals surface area contributed by atoms with Gasteiger partial charge in [-0.25, -0.2) is 0 Å². The smallest absolute Gasteiger partial charge is 0.325 e. The lowest BCUT2D eigenvalue weighted by Gasteiger charge is -2.13. The number of ether oxygens (including phenoxy) is 1. The maximum Gasteiger partial charge on any atom is 0.325 e. The lowest BCUT2D eigenvalue weighted by Crippen LogP contribution is -2.31. The third-order valence-electron chi connectivity index (χ3n) is 3.52. The fraction of sp³-hybridized carbons (Fsp3) is 0.389. The van der Waals surface area contributed by atoms with Gasteiger partial charge in [-0.05, 0) is 11.6 Å². The Morgan fingerprint density at radius 2 is 1.88 bits per heavy atom. The van der Waals surface area contributed by atoms with Crippen LogP contribution in [-0.2, 0) is 28.6 Å². The van der Waals surface area contributed by atoms with Gasteiger partial charge in [-0.1, -0.05) is 51.1 Å². The fourth-order valence-electron chi connectivity index (χ4n) is 2.08. The van der Waals surface area contributed by atoms with Crippen LogP contribution >= 0.6 is 0 Å². The van der Waals surface area contributed by atoms with Gasteiger partial charge in [0.2, 0.25) is 0 Å². The summed E-state index contributed by atoms with van der Waals surface area (Å²) in [6, 6.07) is 11.1. The van der Waals surface area contributed by atoms with Crippen LogP contribution in [0.1, 0.15) is 42.5 Å². The van der Waals surface area contributed by atoms with Crippen molar-refractivity contribution in [3.05, 3.63) is 53.3 Å². The Morgan fingerprint density at radius 3 is 2.46 bits per heavy atom. The summed E-state index contributed by atoms with van der Waals surface area (Å²) >= 11 is 0. The second kappa shape index (κ2) is 7.29. The summed E-state index contributed by atoms with van der Waals surface area (Å²) in [4.78, 5) is 23.9. The molecule has 1 heterocycles. The number of hydrogen-bond donors (Lipinski definition) is 1. The van der Waals surface area contributed by atoms with Gasteiger partial charge in [0.15, 0.2) is 0 Å². The minimum atomic E-state index is -0.481. The van der Waals surface area contributed by atoms with Crippen LogP contribution in [0, 0.1) is 0 Å². The maximum absolute atomic E-state index is 12.2. The predicted molar refractivity (Wildman–Crippen MR) is 90.5 cm³/mol. The van der Waals surface area contributed by atoms with E-state index in [-0.39, 0.29) is 24.5 Å². The molecule has 1 amide bonds. The van der Waals surface area contributed by atoms with E-state index in [4.69, 9.17) is 4.74 Å². The van der Waals surface area contributed by atoms with E-state index in [2.05, 4.69) is 10.4 Å². The van der Waals surface area contributed by atoms with Crippen molar-refractivity contribution in [2.45, 2.75) is 32.8 Å². The summed E-state index contributed by atoms with van der Waals surface area (Å²) < 4.78 is 6.65. The average molecular weight is 329 g/mol. The molecule has 0 radical (unpaired) electrons. The highest BCUT2D eigenvalue weighted by Crippen LogP contribution is 2.21. The third kappa shape index (κ3) is 4.68. The van der Waals surface area contributed by atoms with Gasteiger partial charge in [0.1, 0.15) is 18.8 Å². The van der Waals surface area contributed by atoms with Crippen molar-refractivity contribution < 1.29 is 14.3 Å². The van der Waals surface area contributed by atoms with Gasteiger partial charge in [0.25, 0.3) is 5.91 Å². The monoisotopic (exact) mass is 329 g/mol. The van der Waals surface area contributed by atoms with Crippen LogP contribution in [0.4, 0.5) is 0 Å². The summed E-state index contributed by atoms with van der Waals surface area (Å²) in [6.45, 7) is 6.09. The molecule has 0 saturated heterocycles. The van der Waals surface area contributed by atoms with Crippen LogP contribution in [-0.4, -0.2) is 28.2 Å². The highest BCUT2D eigenvalue weighted by atomic mass is 16.5. The Hall–Kier alpha value is -2.63. The van der Waals surface area contributed by atoms with E-state index in [0.29, 0.717) is 5.69 Å². The van der Waals surface area contributed by atoms with Gasteiger partial charge in [0, 0.05) is 12.5 Å². The van der Waals surface area contributed by atoms with Crippen molar-refractivity contribution in [2.75, 3.05) is 6.54 Å². The maximum atomic E-state index is 12.2. The molecule has 1 N–H and O–H groups in total. The molecule has 1 aromatic heterocycles. The van der Waals surface area contributed by atoms with Crippen LogP contribution in [0.3, 0.4) is 0 Å². The number of carbonyl (C=O) groups is 2. The number of hydrogen-bond acceptors (Lipinski definition) is 4. The number of aryl methyl sites for hydroxylation is 1. The molecule has 0 fully saturated rings. The molecule has 0 aliphatic rings. The Kier molecular flexibility index (Phi) is 5.39. The van der Waals surface area contributed by atoms with Crippen molar-refractivity contribution in [3.8, 4) is 0 Å². The summed E-state index contributed by atoms with van der Waals surface area (Å²) in [5.74, 6) is -0.831. The number of amides is 1. The molecule has 6 nitrogen and oxygen atoms in total. The zero-order chi connectivity index (χ0) is 17.7. The molecule has 1 aromatic carbocycles. The molecule has 0 atom stereocenters. The van der Waals surface area contributed by atoms with Crippen molar-refractivity contribution in [3.63, 3.8) is 0 Å². The third-order valence-corrected chi connectivity index (χ3v) is 3.52. The Morgan fingerprint density at radius 1 is 1.21 bits per heavy atom. The van der Waals surface area contributed by atoms with E-state index in [9.17, 15) is 9.59 Å². The Labute approximate surface area is 141 Å². The van der Waals surface area contributed by atoms with E-state index >= 15 is 0 Å². The highest BCUT2D eigenvalue weighted by Gasteiger charge is 2.21. The molecule has 0 unspecified atom stereocenters. The molecule has 0 spiro atoms. The summed E-state index contributed by atoms with van der Waals surface area (Å²) in [5, 5.41) is 6.91. The first kappa shape index (κ1) is 17.7. The SMILES string of the molecule is Cn1nc(C(C)(C)C)cc1C(=O)NCC(=O)OCc1ccccc1. The first-order valence-electron chi connectivity index (χ1n) is 7.79. The van der Waals surface area contributed by atoms with E-state index in [0.717, 1.165) is 11.3 Å². The molecular formula is C18H23N3O3. The Bertz CT molecular complexity index is 715. The molecule has 0 saturated carbocycles. The van der Waals surface area contributed by atoms with Gasteiger partial charge in [-0.15, -0.1) is 0 Å². The van der Waals surface area contributed by atoms with Crippen LogP contribution in [0.5, 0.6) is 0 Å². The fourth-order valence-corrected chi connectivity index (χ4v) is 2.08. The molecule has 2 rings (SSSR count). The normalized spacial score (nSPS) is 11.2. The molecule has 2 aromatic rings. The molecule has 24 heavy (non-hydrogen) atoms. The van der Waals surface area contributed by atoms with Crippen molar-refractivity contribution in [1.29, 1.82) is 0 Å². The average Bonchev–Trinajstić information content (AvgIpc) is 2.94. The van der Waals surface area contributed by atoms with Crippen LogP contribution in [0.25, 0.3) is 0 Å². The number of benzene rings is 1. The van der Waals surface area contributed by atoms with Crippen LogP contribution in [0.15, 0.2) is 36.4 Å². The van der Waals surface area contributed by atoms with E-state index in [1.54, 1.807) is 13.1 Å². The second-order valence-electron chi connectivity index (χ2n) is 6.62.